The Morgan fingerprint density at radius 1 is 1.06 bits per heavy atom. The lowest BCUT2D eigenvalue weighted by atomic mass is 9.98. The number of hydrogen-bond acceptors (Lipinski definition) is 5. The molecule has 2 amide bonds. The molecule has 2 aliphatic heterocycles. The molecule has 1 unspecified atom stereocenters. The number of likely N-dealkylation sites (tertiary alicyclic amines) is 1. The topological polar surface area (TPSA) is 77.0 Å². The van der Waals surface area contributed by atoms with E-state index in [1.165, 1.54) is 23.4 Å². The van der Waals surface area contributed by atoms with Gasteiger partial charge in [0.2, 0.25) is 5.84 Å². The third-order valence-corrected chi connectivity index (χ3v) is 6.07. The molecule has 0 radical (unpaired) electrons. The van der Waals surface area contributed by atoms with Crippen molar-refractivity contribution in [2.24, 2.45) is 10.9 Å². The highest BCUT2D eigenvalue weighted by Crippen LogP contribution is 2.19. The standard InChI is InChI=1S/C25H31N5O2/c1-18-11-13-29(14-12-18)17-21-8-6-7-20(15-21)16-26-24(31)23-27-19(2)25(32)30(28-23)22-9-4-3-5-10-22/h3-10,15,18-19H,11-14,16-17H2,1-2H3,(H,26,31)(H,27,28). The fourth-order valence-electron chi connectivity index (χ4n) is 4.09. The van der Waals surface area contributed by atoms with Crippen LogP contribution in [0.4, 0.5) is 5.69 Å². The number of rotatable bonds is 6. The van der Waals surface area contributed by atoms with Crippen molar-refractivity contribution in [3.8, 4) is 0 Å². The van der Waals surface area contributed by atoms with E-state index < -0.39 is 6.04 Å². The molecule has 4 rings (SSSR count). The minimum Gasteiger partial charge on any atom is -0.345 e. The van der Waals surface area contributed by atoms with Gasteiger partial charge in [-0.05, 0) is 62.0 Å². The minimum absolute atomic E-state index is 0.138. The molecule has 2 aliphatic rings. The Morgan fingerprint density at radius 2 is 1.78 bits per heavy atom. The van der Waals surface area contributed by atoms with E-state index in [9.17, 15) is 9.59 Å². The van der Waals surface area contributed by atoms with E-state index in [1.807, 2.05) is 42.5 Å². The molecule has 2 N–H and O–H groups in total. The van der Waals surface area contributed by atoms with Crippen molar-refractivity contribution < 1.29 is 9.59 Å². The van der Waals surface area contributed by atoms with E-state index >= 15 is 0 Å². The Kier molecular flexibility index (Phi) is 6.85. The van der Waals surface area contributed by atoms with E-state index in [-0.39, 0.29) is 17.6 Å². The lowest BCUT2D eigenvalue weighted by Crippen LogP contribution is -2.57. The lowest BCUT2D eigenvalue weighted by Gasteiger charge is -2.30. The third kappa shape index (κ3) is 5.34. The zero-order valence-corrected chi connectivity index (χ0v) is 18.8. The smallest absolute Gasteiger partial charge is 0.288 e. The maximum Gasteiger partial charge on any atom is 0.288 e. The third-order valence-electron chi connectivity index (χ3n) is 6.07. The highest BCUT2D eigenvalue weighted by Gasteiger charge is 2.30. The van der Waals surface area contributed by atoms with Gasteiger partial charge in [0.25, 0.3) is 11.8 Å². The van der Waals surface area contributed by atoms with Crippen molar-refractivity contribution in [3.63, 3.8) is 0 Å². The van der Waals surface area contributed by atoms with Crippen LogP contribution in [0.25, 0.3) is 0 Å². The molecule has 1 fully saturated rings. The van der Waals surface area contributed by atoms with Gasteiger partial charge in [-0.25, -0.2) is 10.0 Å². The second-order valence-electron chi connectivity index (χ2n) is 8.74. The van der Waals surface area contributed by atoms with Crippen LogP contribution in [0.15, 0.2) is 59.6 Å². The number of nitrogens with one attached hydrogen (secondary N) is 2. The van der Waals surface area contributed by atoms with Crippen LogP contribution in [-0.2, 0) is 22.7 Å². The number of nitrogens with zero attached hydrogens (tertiary/aromatic N) is 3. The van der Waals surface area contributed by atoms with Gasteiger partial charge in [-0.15, -0.1) is 0 Å². The number of benzene rings is 2. The number of amidine groups is 1. The van der Waals surface area contributed by atoms with Gasteiger partial charge in [0.05, 0.1) is 5.69 Å². The molecule has 168 valence electrons. The van der Waals surface area contributed by atoms with Gasteiger partial charge in [-0.3, -0.25) is 19.9 Å². The summed E-state index contributed by atoms with van der Waals surface area (Å²) < 4.78 is 0. The number of anilines is 1. The largest absolute Gasteiger partial charge is 0.345 e. The van der Waals surface area contributed by atoms with Crippen molar-refractivity contribution in [2.45, 2.75) is 45.8 Å². The SMILES string of the molecule is CC1CCN(Cc2cccc(CNC(=O)C3=NC(C)C(=O)N(c4ccccc4)N3)c2)CC1. The molecule has 7 nitrogen and oxygen atoms in total. The average Bonchev–Trinajstić information content (AvgIpc) is 2.81. The molecule has 1 saturated heterocycles. The number of hydrogen-bond donors (Lipinski definition) is 2. The number of hydrazine groups is 1. The van der Waals surface area contributed by atoms with Crippen molar-refractivity contribution >= 4 is 23.3 Å². The number of para-hydroxylation sites is 1. The molecule has 2 heterocycles. The molecule has 2 aromatic rings. The molecule has 2 aromatic carbocycles. The maximum atomic E-state index is 12.8. The van der Waals surface area contributed by atoms with Gasteiger partial charge in [0.15, 0.2) is 0 Å². The summed E-state index contributed by atoms with van der Waals surface area (Å²) in [5.74, 6) is 0.424. The zero-order valence-electron chi connectivity index (χ0n) is 18.8. The summed E-state index contributed by atoms with van der Waals surface area (Å²) in [4.78, 5) is 32.0. The van der Waals surface area contributed by atoms with Crippen molar-refractivity contribution in [3.05, 3.63) is 65.7 Å². The quantitative estimate of drug-likeness (QED) is 0.735. The molecular formula is C25H31N5O2. The highest BCUT2D eigenvalue weighted by molar-refractivity contribution is 6.39. The van der Waals surface area contributed by atoms with Crippen LogP contribution in [0.5, 0.6) is 0 Å². The van der Waals surface area contributed by atoms with Crippen LogP contribution in [0, 0.1) is 5.92 Å². The van der Waals surface area contributed by atoms with Crippen molar-refractivity contribution in [1.29, 1.82) is 0 Å². The summed E-state index contributed by atoms with van der Waals surface area (Å²) in [7, 11) is 0. The normalized spacial score (nSPS) is 19.9. The number of aliphatic imine (C=N–C) groups is 1. The van der Waals surface area contributed by atoms with Gasteiger partial charge >= 0.3 is 0 Å². The summed E-state index contributed by atoms with van der Waals surface area (Å²) >= 11 is 0. The van der Waals surface area contributed by atoms with Crippen LogP contribution >= 0.6 is 0 Å². The Morgan fingerprint density at radius 3 is 2.53 bits per heavy atom. The van der Waals surface area contributed by atoms with Gasteiger partial charge < -0.3 is 5.32 Å². The predicted octanol–water partition coefficient (Wildman–Crippen LogP) is 2.87. The average molecular weight is 434 g/mol. The zero-order chi connectivity index (χ0) is 22.5. The molecule has 1 atom stereocenters. The van der Waals surface area contributed by atoms with Gasteiger partial charge in [-0.1, -0.05) is 49.4 Å². The van der Waals surface area contributed by atoms with Crippen LogP contribution < -0.4 is 15.8 Å². The molecule has 0 saturated carbocycles. The highest BCUT2D eigenvalue weighted by atomic mass is 16.2. The predicted molar refractivity (Wildman–Crippen MR) is 126 cm³/mol. The molecule has 0 aliphatic carbocycles. The molecular weight excluding hydrogens is 402 g/mol. The molecule has 0 bridgehead atoms. The van der Waals surface area contributed by atoms with Crippen molar-refractivity contribution in [2.75, 3.05) is 18.1 Å². The fourth-order valence-corrected chi connectivity index (χ4v) is 4.09. The van der Waals surface area contributed by atoms with Crippen LogP contribution in [0.1, 0.15) is 37.8 Å². The monoisotopic (exact) mass is 433 g/mol. The van der Waals surface area contributed by atoms with Crippen LogP contribution in [0.3, 0.4) is 0 Å². The lowest BCUT2D eigenvalue weighted by molar-refractivity contribution is -0.120. The van der Waals surface area contributed by atoms with E-state index in [0.29, 0.717) is 12.2 Å². The maximum absolute atomic E-state index is 12.8. The summed E-state index contributed by atoms with van der Waals surface area (Å²) in [5.41, 5.74) is 5.84. The van der Waals surface area contributed by atoms with Gasteiger partial charge in [-0.2, -0.15) is 0 Å². The summed E-state index contributed by atoms with van der Waals surface area (Å²) in [6.45, 7) is 7.64. The van der Waals surface area contributed by atoms with E-state index in [4.69, 9.17) is 0 Å². The number of amides is 2. The molecule has 0 spiro atoms. The fraction of sp³-hybridized carbons (Fsp3) is 0.400. The number of piperidine rings is 1. The first-order chi connectivity index (χ1) is 15.5. The first kappa shape index (κ1) is 22.0. The molecule has 0 aromatic heterocycles. The first-order valence-electron chi connectivity index (χ1n) is 11.3. The number of carbonyl (C=O) groups excluding carboxylic acids is 2. The Bertz CT molecular complexity index is 983. The first-order valence-corrected chi connectivity index (χ1v) is 11.3. The summed E-state index contributed by atoms with van der Waals surface area (Å²) in [6.07, 6.45) is 2.51. The Balaban J connectivity index is 1.36. The van der Waals surface area contributed by atoms with Crippen LogP contribution in [0.2, 0.25) is 0 Å². The summed E-state index contributed by atoms with van der Waals surface area (Å²) in [6, 6.07) is 16.9. The Hall–Kier alpha value is -3.19. The summed E-state index contributed by atoms with van der Waals surface area (Å²) in [5, 5.41) is 4.31. The van der Waals surface area contributed by atoms with Crippen molar-refractivity contribution in [1.82, 2.24) is 15.6 Å². The minimum atomic E-state index is -0.632. The van der Waals surface area contributed by atoms with Gasteiger partial charge in [0, 0.05) is 13.1 Å². The second kappa shape index (κ2) is 9.96. The van der Waals surface area contributed by atoms with E-state index in [2.05, 4.69) is 39.7 Å². The van der Waals surface area contributed by atoms with E-state index in [0.717, 1.165) is 31.1 Å². The number of carbonyl (C=O) groups is 2. The molecule has 7 heteroatoms. The van der Waals surface area contributed by atoms with Crippen LogP contribution in [-0.4, -0.2) is 41.7 Å². The van der Waals surface area contributed by atoms with Gasteiger partial charge in [0.1, 0.15) is 6.04 Å². The second-order valence-corrected chi connectivity index (χ2v) is 8.74. The van der Waals surface area contributed by atoms with E-state index in [1.54, 1.807) is 6.92 Å². The Labute approximate surface area is 189 Å². The molecule has 32 heavy (non-hydrogen) atoms.